The van der Waals surface area contributed by atoms with E-state index in [4.69, 9.17) is 4.42 Å². The predicted octanol–water partition coefficient (Wildman–Crippen LogP) is 4.13. The normalized spacial score (nSPS) is 16.9. The third-order valence-electron chi connectivity index (χ3n) is 5.49. The van der Waals surface area contributed by atoms with Crippen LogP contribution in [0.1, 0.15) is 24.4 Å². The number of amides is 1. The highest BCUT2D eigenvalue weighted by Gasteiger charge is 2.31. The maximum atomic E-state index is 12.9. The molecule has 0 bridgehead atoms. The molecule has 0 radical (unpaired) electrons. The van der Waals surface area contributed by atoms with E-state index in [1.165, 1.54) is 0 Å². The summed E-state index contributed by atoms with van der Waals surface area (Å²) in [5, 5.41) is 3.05. The Balaban J connectivity index is 1.26. The van der Waals surface area contributed by atoms with Crippen LogP contribution in [0.3, 0.4) is 0 Å². The van der Waals surface area contributed by atoms with E-state index in [1.807, 2.05) is 61.7 Å². The van der Waals surface area contributed by atoms with Crippen molar-refractivity contribution in [2.45, 2.75) is 32.4 Å². The Labute approximate surface area is 174 Å². The van der Waals surface area contributed by atoms with E-state index in [9.17, 15) is 4.79 Å². The number of oxazole rings is 1. The summed E-state index contributed by atoms with van der Waals surface area (Å²) in [6.45, 7) is 3.55. The monoisotopic (exact) mass is 401 g/mol. The first kappa shape index (κ1) is 18.6. The second kappa shape index (κ2) is 7.76. The van der Waals surface area contributed by atoms with Crippen LogP contribution in [0.25, 0.3) is 22.6 Å². The molecule has 4 aromatic rings. The van der Waals surface area contributed by atoms with Gasteiger partial charge >= 0.3 is 0 Å². The SMILES string of the molecule is Cc1ncc(CN2CCCC2C(=O)Nc2ccc(-c3nc4ccccc4o3)cc2)[nH]1. The summed E-state index contributed by atoms with van der Waals surface area (Å²) in [7, 11) is 0. The van der Waals surface area contributed by atoms with Gasteiger partial charge in [-0.2, -0.15) is 0 Å². The summed E-state index contributed by atoms with van der Waals surface area (Å²) >= 11 is 0. The second-order valence-electron chi connectivity index (χ2n) is 7.68. The molecule has 3 heterocycles. The highest BCUT2D eigenvalue weighted by molar-refractivity contribution is 5.95. The summed E-state index contributed by atoms with van der Waals surface area (Å²) in [5.74, 6) is 1.49. The summed E-state index contributed by atoms with van der Waals surface area (Å²) in [4.78, 5) is 27.1. The van der Waals surface area contributed by atoms with Crippen molar-refractivity contribution in [1.29, 1.82) is 0 Å². The van der Waals surface area contributed by atoms with E-state index in [-0.39, 0.29) is 11.9 Å². The van der Waals surface area contributed by atoms with Crippen LogP contribution in [-0.2, 0) is 11.3 Å². The van der Waals surface area contributed by atoms with Crippen molar-refractivity contribution >= 4 is 22.7 Å². The maximum absolute atomic E-state index is 12.9. The number of aromatic amines is 1. The van der Waals surface area contributed by atoms with Crippen LogP contribution in [0.5, 0.6) is 0 Å². The van der Waals surface area contributed by atoms with Crippen LogP contribution < -0.4 is 5.32 Å². The summed E-state index contributed by atoms with van der Waals surface area (Å²) in [6.07, 6.45) is 3.72. The zero-order valence-electron chi connectivity index (χ0n) is 16.8. The first-order valence-electron chi connectivity index (χ1n) is 10.2. The number of nitrogens with one attached hydrogen (secondary N) is 2. The number of para-hydroxylation sites is 2. The van der Waals surface area contributed by atoms with Crippen LogP contribution in [-0.4, -0.2) is 38.3 Å². The van der Waals surface area contributed by atoms with Crippen molar-refractivity contribution in [1.82, 2.24) is 19.9 Å². The number of likely N-dealkylation sites (tertiary alicyclic amines) is 1. The molecular weight excluding hydrogens is 378 g/mol. The molecule has 2 aromatic carbocycles. The van der Waals surface area contributed by atoms with Gasteiger partial charge in [-0.25, -0.2) is 9.97 Å². The number of benzene rings is 2. The van der Waals surface area contributed by atoms with Crippen molar-refractivity contribution in [2.75, 3.05) is 11.9 Å². The molecule has 1 aliphatic rings. The highest BCUT2D eigenvalue weighted by Crippen LogP contribution is 2.26. The quantitative estimate of drug-likeness (QED) is 0.525. The number of aromatic nitrogens is 3. The minimum Gasteiger partial charge on any atom is -0.436 e. The number of aryl methyl sites for hydroxylation is 1. The van der Waals surface area contributed by atoms with E-state index in [0.717, 1.165) is 53.3 Å². The van der Waals surface area contributed by atoms with Crippen molar-refractivity contribution in [3.05, 3.63) is 66.2 Å². The lowest BCUT2D eigenvalue weighted by molar-refractivity contribution is -0.120. The van der Waals surface area contributed by atoms with Gasteiger partial charge in [-0.05, 0) is 62.7 Å². The number of hydrogen-bond acceptors (Lipinski definition) is 5. The molecular formula is C23H23N5O2. The van der Waals surface area contributed by atoms with Gasteiger partial charge in [0.1, 0.15) is 11.3 Å². The second-order valence-corrected chi connectivity index (χ2v) is 7.68. The third kappa shape index (κ3) is 3.71. The zero-order chi connectivity index (χ0) is 20.5. The Bertz CT molecular complexity index is 1140. The minimum absolute atomic E-state index is 0.0262. The molecule has 1 unspecified atom stereocenters. The molecule has 1 fully saturated rings. The zero-order valence-corrected chi connectivity index (χ0v) is 16.8. The number of nitrogens with zero attached hydrogens (tertiary/aromatic N) is 3. The van der Waals surface area contributed by atoms with Crippen LogP contribution in [0.15, 0.2) is 59.1 Å². The van der Waals surface area contributed by atoms with E-state index < -0.39 is 0 Å². The molecule has 152 valence electrons. The first-order chi connectivity index (χ1) is 14.7. The molecule has 1 atom stereocenters. The first-order valence-corrected chi connectivity index (χ1v) is 10.2. The molecule has 1 aliphatic heterocycles. The lowest BCUT2D eigenvalue weighted by Crippen LogP contribution is -2.39. The molecule has 2 aromatic heterocycles. The molecule has 0 saturated carbocycles. The number of hydrogen-bond donors (Lipinski definition) is 2. The lowest BCUT2D eigenvalue weighted by atomic mass is 10.1. The Morgan fingerprint density at radius 1 is 1.23 bits per heavy atom. The van der Waals surface area contributed by atoms with Gasteiger partial charge in [0.05, 0.1) is 6.04 Å². The molecule has 30 heavy (non-hydrogen) atoms. The number of H-pyrrole nitrogens is 1. The van der Waals surface area contributed by atoms with Gasteiger partial charge in [0.15, 0.2) is 5.58 Å². The average Bonchev–Trinajstić information content (AvgIpc) is 3.48. The van der Waals surface area contributed by atoms with Crippen LogP contribution in [0, 0.1) is 6.92 Å². The van der Waals surface area contributed by atoms with Gasteiger partial charge in [0, 0.05) is 29.7 Å². The number of carbonyl (C=O) groups is 1. The fraction of sp³-hybridized carbons (Fsp3) is 0.261. The van der Waals surface area contributed by atoms with E-state index in [2.05, 4.69) is 25.2 Å². The Morgan fingerprint density at radius 3 is 2.83 bits per heavy atom. The molecule has 1 saturated heterocycles. The molecule has 7 heteroatoms. The molecule has 2 N–H and O–H groups in total. The van der Waals surface area contributed by atoms with Gasteiger partial charge in [-0.1, -0.05) is 12.1 Å². The molecule has 7 nitrogen and oxygen atoms in total. The van der Waals surface area contributed by atoms with Crippen molar-refractivity contribution in [3.8, 4) is 11.5 Å². The van der Waals surface area contributed by atoms with Crippen molar-refractivity contribution in [3.63, 3.8) is 0 Å². The van der Waals surface area contributed by atoms with Crippen LogP contribution in [0.2, 0.25) is 0 Å². The number of anilines is 1. The van der Waals surface area contributed by atoms with E-state index in [1.54, 1.807) is 0 Å². The fourth-order valence-electron chi connectivity index (χ4n) is 4.00. The predicted molar refractivity (Wildman–Crippen MR) is 115 cm³/mol. The van der Waals surface area contributed by atoms with Gasteiger partial charge in [0.2, 0.25) is 11.8 Å². The summed E-state index contributed by atoms with van der Waals surface area (Å²) in [5.41, 5.74) is 4.28. The van der Waals surface area contributed by atoms with Crippen molar-refractivity contribution in [2.24, 2.45) is 0 Å². The third-order valence-corrected chi connectivity index (χ3v) is 5.49. The van der Waals surface area contributed by atoms with E-state index >= 15 is 0 Å². The lowest BCUT2D eigenvalue weighted by Gasteiger charge is -2.23. The van der Waals surface area contributed by atoms with Gasteiger partial charge < -0.3 is 14.7 Å². The molecule has 5 rings (SSSR count). The van der Waals surface area contributed by atoms with Gasteiger partial charge in [-0.3, -0.25) is 9.69 Å². The summed E-state index contributed by atoms with van der Waals surface area (Å²) in [6, 6.07) is 15.2. The maximum Gasteiger partial charge on any atom is 0.241 e. The highest BCUT2D eigenvalue weighted by atomic mass is 16.3. The summed E-state index contributed by atoms with van der Waals surface area (Å²) < 4.78 is 5.82. The number of fused-ring (bicyclic) bond motifs is 1. The molecule has 0 aliphatic carbocycles. The molecule has 1 amide bonds. The number of carbonyl (C=O) groups excluding carboxylic acids is 1. The fourth-order valence-corrected chi connectivity index (χ4v) is 4.00. The van der Waals surface area contributed by atoms with Crippen LogP contribution in [0.4, 0.5) is 5.69 Å². The largest absolute Gasteiger partial charge is 0.436 e. The minimum atomic E-state index is -0.134. The molecule has 0 spiro atoms. The van der Waals surface area contributed by atoms with Crippen LogP contribution >= 0.6 is 0 Å². The Hall–Kier alpha value is -3.45. The standard InChI is InChI=1S/C23H23N5O2/c1-15-24-13-18(25-15)14-28-12-4-6-20(28)22(29)26-17-10-8-16(9-11-17)23-27-19-5-2-3-7-21(19)30-23/h2-3,5,7-11,13,20H,4,6,12,14H2,1H3,(H,24,25)(H,26,29). The number of rotatable bonds is 5. The van der Waals surface area contributed by atoms with Crippen molar-refractivity contribution < 1.29 is 9.21 Å². The smallest absolute Gasteiger partial charge is 0.241 e. The van der Waals surface area contributed by atoms with E-state index in [0.29, 0.717) is 12.4 Å². The Kier molecular flexibility index (Phi) is 4.80. The number of imidazole rings is 1. The van der Waals surface area contributed by atoms with Gasteiger partial charge in [0.25, 0.3) is 0 Å². The topological polar surface area (TPSA) is 87.1 Å². The average molecular weight is 401 g/mol. The Morgan fingerprint density at radius 2 is 2.07 bits per heavy atom. The van der Waals surface area contributed by atoms with Gasteiger partial charge in [-0.15, -0.1) is 0 Å².